The first-order chi connectivity index (χ1) is 10.5. The predicted octanol–water partition coefficient (Wildman–Crippen LogP) is 1.63. The van der Waals surface area contributed by atoms with Crippen LogP contribution in [0.25, 0.3) is 0 Å². The van der Waals surface area contributed by atoms with Crippen molar-refractivity contribution >= 4 is 17.3 Å². The van der Waals surface area contributed by atoms with Gasteiger partial charge in [0.1, 0.15) is 5.82 Å². The lowest BCUT2D eigenvalue weighted by molar-refractivity contribution is -0.386. The van der Waals surface area contributed by atoms with Gasteiger partial charge in [0.15, 0.2) is 0 Å². The molecule has 22 heavy (non-hydrogen) atoms. The molecule has 2 heterocycles. The van der Waals surface area contributed by atoms with Crippen molar-refractivity contribution in [1.29, 1.82) is 0 Å². The van der Waals surface area contributed by atoms with Gasteiger partial charge in [-0.15, -0.1) is 0 Å². The topological polar surface area (TPSA) is 96.3 Å². The molecule has 0 fully saturated rings. The van der Waals surface area contributed by atoms with Gasteiger partial charge in [-0.1, -0.05) is 6.07 Å². The molecule has 1 N–H and O–H groups in total. The third kappa shape index (κ3) is 2.14. The fourth-order valence-corrected chi connectivity index (χ4v) is 2.49. The molecule has 3 rings (SSSR count). The number of carbonyl (C=O) groups is 1. The minimum Gasteiger partial charge on any atom is -0.322 e. The number of anilines is 1. The minimum absolute atomic E-state index is 0.0246. The average molecular weight is 303 g/mol. The van der Waals surface area contributed by atoms with Crippen molar-refractivity contribution in [3.8, 4) is 0 Å². The summed E-state index contributed by atoms with van der Waals surface area (Å²) in [6, 6.07) is 5.36. The highest BCUT2D eigenvalue weighted by Gasteiger charge is 2.28. The van der Waals surface area contributed by atoms with Crippen LogP contribution < -0.4 is 10.5 Å². The number of halogens is 1. The van der Waals surface area contributed by atoms with Crippen molar-refractivity contribution in [3.05, 3.63) is 67.9 Å². The number of benzene rings is 1. The molecule has 2 aromatic rings. The van der Waals surface area contributed by atoms with Crippen LogP contribution in [-0.2, 0) is 6.42 Å². The maximum absolute atomic E-state index is 13.7. The molecule has 1 aromatic carbocycles. The van der Waals surface area contributed by atoms with Crippen LogP contribution in [0.5, 0.6) is 0 Å². The van der Waals surface area contributed by atoms with Gasteiger partial charge in [0.25, 0.3) is 5.91 Å². The lowest BCUT2D eigenvalue weighted by Gasteiger charge is -2.17. The van der Waals surface area contributed by atoms with E-state index < -0.39 is 22.1 Å². The van der Waals surface area contributed by atoms with E-state index in [2.05, 4.69) is 4.98 Å². The summed E-state index contributed by atoms with van der Waals surface area (Å²) in [5, 5.41) is 10.8. The second-order valence-corrected chi connectivity index (χ2v) is 4.80. The number of nitrogens with zero attached hydrogens (tertiary/aromatic N) is 2. The normalized spacial score (nSPS) is 13.0. The zero-order valence-electron chi connectivity index (χ0n) is 11.2. The van der Waals surface area contributed by atoms with Crippen LogP contribution in [0.1, 0.15) is 15.9 Å². The number of hydrogen-bond acceptors (Lipinski definition) is 4. The number of pyridine rings is 1. The number of carbonyl (C=O) groups excluding carboxylic acids is 1. The molecule has 1 amide bonds. The molecular weight excluding hydrogens is 293 g/mol. The van der Waals surface area contributed by atoms with Crippen molar-refractivity contribution in [2.24, 2.45) is 0 Å². The number of hydrogen-bond donors (Lipinski definition) is 1. The second kappa shape index (κ2) is 5.06. The van der Waals surface area contributed by atoms with Crippen molar-refractivity contribution in [1.82, 2.24) is 4.98 Å². The number of rotatable bonds is 2. The second-order valence-electron chi connectivity index (χ2n) is 4.80. The molecule has 0 atom stereocenters. The fourth-order valence-electron chi connectivity index (χ4n) is 2.49. The van der Waals surface area contributed by atoms with Gasteiger partial charge in [0.2, 0.25) is 0 Å². The van der Waals surface area contributed by atoms with Crippen LogP contribution in [-0.4, -0.2) is 22.4 Å². The molecule has 1 aliphatic heterocycles. The van der Waals surface area contributed by atoms with Gasteiger partial charge in [0.05, 0.1) is 16.2 Å². The SMILES string of the molecule is O=C(c1c[nH]c(=O)c([N+](=O)[O-])c1)N1CCc2c(F)cccc21. The molecule has 1 aromatic heterocycles. The maximum atomic E-state index is 13.7. The first-order valence-corrected chi connectivity index (χ1v) is 6.45. The smallest absolute Gasteiger partial charge is 0.322 e. The lowest BCUT2D eigenvalue weighted by Crippen LogP contribution is -2.29. The van der Waals surface area contributed by atoms with E-state index in [4.69, 9.17) is 0 Å². The predicted molar refractivity (Wildman–Crippen MR) is 75.5 cm³/mol. The summed E-state index contributed by atoms with van der Waals surface area (Å²) in [5.41, 5.74) is -0.726. The largest absolute Gasteiger partial charge is 0.334 e. The average Bonchev–Trinajstić information content (AvgIpc) is 2.92. The van der Waals surface area contributed by atoms with E-state index in [1.807, 2.05) is 0 Å². The molecule has 0 spiro atoms. The first-order valence-electron chi connectivity index (χ1n) is 6.45. The van der Waals surface area contributed by atoms with E-state index in [1.54, 1.807) is 6.07 Å². The van der Waals surface area contributed by atoms with Crippen LogP contribution in [0.15, 0.2) is 35.3 Å². The summed E-state index contributed by atoms with van der Waals surface area (Å²) >= 11 is 0. The lowest BCUT2D eigenvalue weighted by atomic mass is 10.1. The number of fused-ring (bicyclic) bond motifs is 1. The molecule has 0 unspecified atom stereocenters. The Balaban J connectivity index is 2.01. The van der Waals surface area contributed by atoms with Gasteiger partial charge in [0, 0.05) is 24.4 Å². The molecule has 1 aliphatic rings. The van der Waals surface area contributed by atoms with Gasteiger partial charge in [-0.05, 0) is 18.6 Å². The number of nitrogens with one attached hydrogen (secondary N) is 1. The Morgan fingerprint density at radius 3 is 2.91 bits per heavy atom. The van der Waals surface area contributed by atoms with Crippen molar-refractivity contribution in [3.63, 3.8) is 0 Å². The summed E-state index contributed by atoms with van der Waals surface area (Å²) in [7, 11) is 0. The maximum Gasteiger partial charge on any atom is 0.334 e. The van der Waals surface area contributed by atoms with Gasteiger partial charge in [-0.3, -0.25) is 19.7 Å². The van der Waals surface area contributed by atoms with Gasteiger partial charge in [-0.25, -0.2) is 4.39 Å². The van der Waals surface area contributed by atoms with Gasteiger partial charge >= 0.3 is 11.2 Å². The molecule has 8 heteroatoms. The minimum atomic E-state index is -0.880. The van der Waals surface area contributed by atoms with Crippen molar-refractivity contribution in [2.45, 2.75) is 6.42 Å². The van der Waals surface area contributed by atoms with E-state index in [1.165, 1.54) is 17.0 Å². The zero-order valence-corrected chi connectivity index (χ0v) is 11.2. The van der Waals surface area contributed by atoms with Crippen LogP contribution >= 0.6 is 0 Å². The molecule has 0 saturated heterocycles. The Labute approximate surface area is 123 Å². The fraction of sp³-hybridized carbons (Fsp3) is 0.143. The number of nitro groups is 1. The van der Waals surface area contributed by atoms with E-state index in [0.29, 0.717) is 17.7 Å². The number of aromatic amines is 1. The van der Waals surface area contributed by atoms with Crippen molar-refractivity contribution < 1.29 is 14.1 Å². The Kier molecular flexibility index (Phi) is 3.21. The summed E-state index contributed by atoms with van der Waals surface area (Å²) in [6.07, 6.45) is 1.49. The summed E-state index contributed by atoms with van der Waals surface area (Å²) in [4.78, 5) is 37.2. The highest BCUT2D eigenvalue weighted by molar-refractivity contribution is 6.07. The molecular formula is C14H10FN3O4. The molecule has 0 radical (unpaired) electrons. The number of aromatic nitrogens is 1. The molecule has 0 aliphatic carbocycles. The Bertz CT molecular complexity index is 846. The first kappa shape index (κ1) is 13.9. The van der Waals surface area contributed by atoms with Crippen molar-refractivity contribution in [2.75, 3.05) is 11.4 Å². The molecule has 0 bridgehead atoms. The molecule has 0 saturated carbocycles. The summed E-state index contributed by atoms with van der Waals surface area (Å²) in [5.74, 6) is -0.913. The summed E-state index contributed by atoms with van der Waals surface area (Å²) in [6.45, 7) is 0.280. The standard InChI is InChI=1S/C14H10FN3O4/c15-10-2-1-3-11-9(10)4-5-17(11)14(20)8-6-12(18(21)22)13(19)16-7-8/h1-3,6-7H,4-5H2,(H,16,19). The van der Waals surface area contributed by atoms with Gasteiger partial charge in [-0.2, -0.15) is 0 Å². The van der Waals surface area contributed by atoms with E-state index in [-0.39, 0.29) is 17.9 Å². The van der Waals surface area contributed by atoms with Crippen LogP contribution in [0, 0.1) is 15.9 Å². The van der Waals surface area contributed by atoms with Crippen LogP contribution in [0.2, 0.25) is 0 Å². The Morgan fingerprint density at radius 2 is 2.18 bits per heavy atom. The van der Waals surface area contributed by atoms with Crippen LogP contribution in [0.4, 0.5) is 15.8 Å². The Morgan fingerprint density at radius 1 is 1.41 bits per heavy atom. The highest BCUT2D eigenvalue weighted by Crippen LogP contribution is 2.31. The quantitative estimate of drug-likeness (QED) is 0.673. The van der Waals surface area contributed by atoms with E-state index in [0.717, 1.165) is 12.3 Å². The third-order valence-corrected chi connectivity index (χ3v) is 3.54. The van der Waals surface area contributed by atoms with Gasteiger partial charge < -0.3 is 9.88 Å². The monoisotopic (exact) mass is 303 g/mol. The summed E-state index contributed by atoms with van der Waals surface area (Å²) < 4.78 is 13.7. The Hall–Kier alpha value is -3.03. The van der Waals surface area contributed by atoms with E-state index >= 15 is 0 Å². The van der Waals surface area contributed by atoms with E-state index in [9.17, 15) is 24.1 Å². The van der Waals surface area contributed by atoms with Crippen LogP contribution in [0.3, 0.4) is 0 Å². The third-order valence-electron chi connectivity index (χ3n) is 3.54. The number of H-pyrrole nitrogens is 1. The molecule has 112 valence electrons. The number of amides is 1. The highest BCUT2D eigenvalue weighted by atomic mass is 19.1. The zero-order chi connectivity index (χ0) is 15.9. The molecule has 7 nitrogen and oxygen atoms in total.